The maximum atomic E-state index is 3.44. The summed E-state index contributed by atoms with van der Waals surface area (Å²) in [6.45, 7) is 5.65. The van der Waals surface area contributed by atoms with Crippen LogP contribution in [0.2, 0.25) is 0 Å². The highest BCUT2D eigenvalue weighted by Crippen LogP contribution is 2.38. The Morgan fingerprint density at radius 3 is 2.05 bits per heavy atom. The molecule has 0 amide bonds. The number of rotatable bonds is 4. The zero-order chi connectivity index (χ0) is 13.7. The molecule has 1 aromatic carbocycles. The second-order valence-electron chi connectivity index (χ2n) is 6.50. The Morgan fingerprint density at radius 2 is 1.58 bits per heavy atom. The fraction of sp³-hybridized carbons (Fsp3) is 0.667. The van der Waals surface area contributed by atoms with Gasteiger partial charge in [0.2, 0.25) is 0 Å². The van der Waals surface area contributed by atoms with Gasteiger partial charge in [0.15, 0.2) is 0 Å². The van der Waals surface area contributed by atoms with Crippen molar-refractivity contribution in [3.63, 3.8) is 0 Å². The van der Waals surface area contributed by atoms with E-state index < -0.39 is 0 Å². The summed E-state index contributed by atoms with van der Waals surface area (Å²) in [7, 11) is 2.09. The highest BCUT2D eigenvalue weighted by atomic mass is 14.8. The van der Waals surface area contributed by atoms with Crippen molar-refractivity contribution in [2.24, 2.45) is 0 Å². The van der Waals surface area contributed by atoms with E-state index in [1.54, 1.807) is 5.56 Å². The summed E-state index contributed by atoms with van der Waals surface area (Å²) < 4.78 is 0. The molecule has 1 nitrogen and oxygen atoms in total. The van der Waals surface area contributed by atoms with E-state index in [9.17, 15) is 0 Å². The van der Waals surface area contributed by atoms with Crippen molar-refractivity contribution >= 4 is 0 Å². The quantitative estimate of drug-likeness (QED) is 0.778. The first-order valence-corrected chi connectivity index (χ1v) is 7.93. The lowest BCUT2D eigenvalue weighted by atomic mass is 9.74. The van der Waals surface area contributed by atoms with Gasteiger partial charge < -0.3 is 5.32 Å². The Hall–Kier alpha value is -0.820. The lowest BCUT2D eigenvalue weighted by Crippen LogP contribution is -2.36. The summed E-state index contributed by atoms with van der Waals surface area (Å²) in [4.78, 5) is 0. The molecule has 1 saturated carbocycles. The van der Waals surface area contributed by atoms with E-state index in [0.717, 1.165) is 6.54 Å². The molecule has 0 spiro atoms. The van der Waals surface area contributed by atoms with Crippen LogP contribution in [0.25, 0.3) is 0 Å². The predicted molar refractivity (Wildman–Crippen MR) is 83.8 cm³/mol. The summed E-state index contributed by atoms with van der Waals surface area (Å²) in [5.41, 5.74) is 3.38. The van der Waals surface area contributed by atoms with Crippen LogP contribution in [-0.2, 0) is 5.41 Å². The van der Waals surface area contributed by atoms with Gasteiger partial charge in [0.05, 0.1) is 0 Å². The maximum Gasteiger partial charge on any atom is 0.00776 e. The molecule has 0 saturated heterocycles. The third-order valence-corrected chi connectivity index (χ3v) is 4.77. The summed E-state index contributed by atoms with van der Waals surface area (Å²) in [6.07, 6.45) is 8.27. The molecular formula is C18H29N. The molecule has 0 heterocycles. The molecule has 1 aromatic rings. The number of hydrogen-bond donors (Lipinski definition) is 1. The van der Waals surface area contributed by atoms with Gasteiger partial charge >= 0.3 is 0 Å². The van der Waals surface area contributed by atoms with Crippen molar-refractivity contribution in [3.05, 3.63) is 35.4 Å². The van der Waals surface area contributed by atoms with Crippen molar-refractivity contribution in [2.45, 2.75) is 63.7 Å². The molecule has 1 aliphatic rings. The molecule has 2 rings (SSSR count). The molecule has 0 unspecified atom stereocenters. The first kappa shape index (κ1) is 14.6. The first-order chi connectivity index (χ1) is 9.18. The molecule has 0 bridgehead atoms. The molecular weight excluding hydrogens is 230 g/mol. The van der Waals surface area contributed by atoms with Crippen LogP contribution in [0.1, 0.15) is 69.4 Å². The monoisotopic (exact) mass is 259 g/mol. The van der Waals surface area contributed by atoms with Crippen LogP contribution in [-0.4, -0.2) is 13.6 Å². The van der Waals surface area contributed by atoms with Crippen molar-refractivity contribution < 1.29 is 0 Å². The van der Waals surface area contributed by atoms with Gasteiger partial charge in [-0.05, 0) is 36.9 Å². The third-order valence-electron chi connectivity index (χ3n) is 4.77. The molecule has 1 heteroatoms. The molecule has 0 atom stereocenters. The van der Waals surface area contributed by atoms with Crippen LogP contribution in [0.5, 0.6) is 0 Å². The van der Waals surface area contributed by atoms with Crippen molar-refractivity contribution in [3.8, 4) is 0 Å². The SMILES string of the molecule is CNCC1(c2ccc(C(C)C)cc2)CCCCCC1. The highest BCUT2D eigenvalue weighted by molar-refractivity contribution is 5.31. The van der Waals surface area contributed by atoms with Crippen LogP contribution >= 0.6 is 0 Å². The fourth-order valence-electron chi connectivity index (χ4n) is 3.53. The number of nitrogens with one attached hydrogen (secondary N) is 1. The molecule has 0 aliphatic heterocycles. The molecule has 0 aromatic heterocycles. The van der Waals surface area contributed by atoms with E-state index >= 15 is 0 Å². The van der Waals surface area contributed by atoms with Gasteiger partial charge in [-0.25, -0.2) is 0 Å². The average Bonchev–Trinajstić information content (AvgIpc) is 2.66. The van der Waals surface area contributed by atoms with E-state index in [-0.39, 0.29) is 0 Å². The minimum atomic E-state index is 0.376. The molecule has 19 heavy (non-hydrogen) atoms. The van der Waals surface area contributed by atoms with Crippen LogP contribution in [0.15, 0.2) is 24.3 Å². The summed E-state index contributed by atoms with van der Waals surface area (Å²) in [5, 5.41) is 3.44. The highest BCUT2D eigenvalue weighted by Gasteiger charge is 2.31. The van der Waals surface area contributed by atoms with E-state index in [1.165, 1.54) is 44.1 Å². The predicted octanol–water partition coefficient (Wildman–Crippen LogP) is 4.62. The Kier molecular flexibility index (Phi) is 5.04. The van der Waals surface area contributed by atoms with E-state index in [2.05, 4.69) is 50.5 Å². The third kappa shape index (κ3) is 3.39. The van der Waals surface area contributed by atoms with Gasteiger partial charge in [-0.15, -0.1) is 0 Å². The maximum absolute atomic E-state index is 3.44. The van der Waals surface area contributed by atoms with E-state index in [1.807, 2.05) is 0 Å². The lowest BCUT2D eigenvalue weighted by molar-refractivity contribution is 0.357. The van der Waals surface area contributed by atoms with Crippen LogP contribution in [0, 0.1) is 0 Å². The summed E-state index contributed by atoms with van der Waals surface area (Å²) >= 11 is 0. The van der Waals surface area contributed by atoms with Crippen molar-refractivity contribution in [1.29, 1.82) is 0 Å². The average molecular weight is 259 g/mol. The van der Waals surface area contributed by atoms with Crippen LogP contribution < -0.4 is 5.32 Å². The Bertz CT molecular complexity index is 369. The second-order valence-corrected chi connectivity index (χ2v) is 6.50. The van der Waals surface area contributed by atoms with E-state index in [4.69, 9.17) is 0 Å². The molecule has 1 N–H and O–H groups in total. The molecule has 1 aliphatic carbocycles. The van der Waals surface area contributed by atoms with Gasteiger partial charge in [-0.2, -0.15) is 0 Å². The number of benzene rings is 1. The van der Waals surface area contributed by atoms with Gasteiger partial charge in [-0.3, -0.25) is 0 Å². The zero-order valence-electron chi connectivity index (χ0n) is 12.8. The second kappa shape index (κ2) is 6.56. The van der Waals surface area contributed by atoms with Gasteiger partial charge in [0.1, 0.15) is 0 Å². The zero-order valence-corrected chi connectivity index (χ0v) is 12.8. The van der Waals surface area contributed by atoms with Crippen molar-refractivity contribution in [2.75, 3.05) is 13.6 Å². The minimum Gasteiger partial charge on any atom is -0.319 e. The van der Waals surface area contributed by atoms with Gasteiger partial charge in [-0.1, -0.05) is 63.8 Å². The van der Waals surface area contributed by atoms with Gasteiger partial charge in [0.25, 0.3) is 0 Å². The van der Waals surface area contributed by atoms with Crippen molar-refractivity contribution in [1.82, 2.24) is 5.32 Å². The standard InChI is InChI=1S/C18H29N/c1-15(2)16-8-10-17(11-9-16)18(14-19-3)12-6-4-5-7-13-18/h8-11,15,19H,4-7,12-14H2,1-3H3. The normalized spacial score (nSPS) is 19.4. The minimum absolute atomic E-state index is 0.376. The lowest BCUT2D eigenvalue weighted by Gasteiger charge is -2.33. The fourth-order valence-corrected chi connectivity index (χ4v) is 3.53. The first-order valence-electron chi connectivity index (χ1n) is 7.93. The summed E-state index contributed by atoms with van der Waals surface area (Å²) in [6, 6.07) is 9.45. The Labute approximate surface area is 118 Å². The topological polar surface area (TPSA) is 12.0 Å². The Morgan fingerprint density at radius 1 is 1.00 bits per heavy atom. The summed E-state index contributed by atoms with van der Waals surface area (Å²) in [5.74, 6) is 0.628. The largest absolute Gasteiger partial charge is 0.319 e. The molecule has 0 radical (unpaired) electrons. The van der Waals surface area contributed by atoms with Crippen LogP contribution in [0.3, 0.4) is 0 Å². The van der Waals surface area contributed by atoms with Crippen LogP contribution in [0.4, 0.5) is 0 Å². The number of likely N-dealkylation sites (N-methyl/N-ethyl adjacent to an activating group) is 1. The molecule has 1 fully saturated rings. The molecule has 106 valence electrons. The Balaban J connectivity index is 2.26. The van der Waals surface area contributed by atoms with E-state index in [0.29, 0.717) is 11.3 Å². The number of hydrogen-bond acceptors (Lipinski definition) is 1. The smallest absolute Gasteiger partial charge is 0.00776 e. The van der Waals surface area contributed by atoms with Gasteiger partial charge in [0, 0.05) is 12.0 Å².